The third kappa shape index (κ3) is 2.82. The van der Waals surface area contributed by atoms with Crippen LogP contribution >= 0.6 is 0 Å². The first-order chi connectivity index (χ1) is 12.0. The molecule has 4 aromatic rings. The van der Waals surface area contributed by atoms with Crippen LogP contribution < -0.4 is 0 Å². The molecule has 0 saturated carbocycles. The summed E-state index contributed by atoms with van der Waals surface area (Å²) in [6.45, 7) is 0. The van der Waals surface area contributed by atoms with Crippen LogP contribution in [0.5, 0.6) is 0 Å². The molecule has 0 aliphatic rings. The van der Waals surface area contributed by atoms with E-state index in [1.54, 1.807) is 36.4 Å². The van der Waals surface area contributed by atoms with E-state index in [2.05, 4.69) is 20.2 Å². The second-order valence-electron chi connectivity index (χ2n) is 5.21. The van der Waals surface area contributed by atoms with Crippen LogP contribution in [0.2, 0.25) is 0 Å². The fourth-order valence-corrected chi connectivity index (χ4v) is 2.41. The van der Waals surface area contributed by atoms with Gasteiger partial charge in [0.05, 0.1) is 5.56 Å². The molecule has 0 aliphatic carbocycles. The Hall–Kier alpha value is -3.29. The molecule has 124 valence electrons. The summed E-state index contributed by atoms with van der Waals surface area (Å²) in [5.74, 6) is -0.112. The number of hydrogen-bond donors (Lipinski definition) is 0. The fraction of sp³-hybridized carbons (Fsp3) is 0.0588. The van der Waals surface area contributed by atoms with Gasteiger partial charge in [-0.05, 0) is 30.3 Å². The van der Waals surface area contributed by atoms with Gasteiger partial charge < -0.3 is 4.42 Å². The molecule has 4 rings (SSSR count). The Labute approximate surface area is 139 Å². The normalized spacial score (nSPS) is 11.8. The lowest BCUT2D eigenvalue weighted by molar-refractivity contribution is -0.140. The minimum Gasteiger partial charge on any atom is -0.416 e. The highest BCUT2D eigenvalue weighted by Crippen LogP contribution is 2.37. The number of aromatic nitrogens is 4. The van der Waals surface area contributed by atoms with Crippen LogP contribution in [0.25, 0.3) is 33.9 Å². The molecule has 5 nitrogen and oxygen atoms in total. The highest BCUT2D eigenvalue weighted by Gasteiger charge is 2.37. The van der Waals surface area contributed by atoms with E-state index in [1.165, 1.54) is 12.3 Å². The molecule has 0 atom stereocenters. The molecule has 25 heavy (non-hydrogen) atoms. The van der Waals surface area contributed by atoms with Crippen molar-refractivity contribution in [2.75, 3.05) is 0 Å². The third-order valence-corrected chi connectivity index (χ3v) is 3.53. The summed E-state index contributed by atoms with van der Waals surface area (Å²) in [5, 5.41) is 8.05. The summed E-state index contributed by atoms with van der Waals surface area (Å²) in [4.78, 5) is 7.51. The Morgan fingerprint density at radius 2 is 1.64 bits per heavy atom. The Morgan fingerprint density at radius 1 is 0.880 bits per heavy atom. The highest BCUT2D eigenvalue weighted by molar-refractivity contribution is 5.80. The number of fused-ring (bicyclic) bond motifs is 1. The number of nitrogens with zero attached hydrogens (tertiary/aromatic N) is 4. The van der Waals surface area contributed by atoms with Crippen molar-refractivity contribution in [2.24, 2.45) is 0 Å². The van der Waals surface area contributed by atoms with E-state index in [4.69, 9.17) is 4.42 Å². The SMILES string of the molecule is FC(F)(F)c1nc2ncccc2cc1-c1nnc(-c2ccccc2)o1. The lowest BCUT2D eigenvalue weighted by Gasteiger charge is -2.10. The Bertz CT molecular complexity index is 1040. The summed E-state index contributed by atoms with van der Waals surface area (Å²) in [5.41, 5.74) is -0.767. The predicted octanol–water partition coefficient (Wildman–Crippen LogP) is 4.37. The van der Waals surface area contributed by atoms with Crippen molar-refractivity contribution in [1.29, 1.82) is 0 Å². The van der Waals surface area contributed by atoms with Crippen molar-refractivity contribution in [3.63, 3.8) is 0 Å². The zero-order chi connectivity index (χ0) is 17.4. The maximum absolute atomic E-state index is 13.4. The average molecular weight is 342 g/mol. The van der Waals surface area contributed by atoms with Crippen molar-refractivity contribution in [2.45, 2.75) is 6.18 Å². The molecule has 3 aromatic heterocycles. The van der Waals surface area contributed by atoms with E-state index < -0.39 is 11.9 Å². The predicted molar refractivity (Wildman–Crippen MR) is 83.3 cm³/mol. The standard InChI is InChI=1S/C17H9F3N4O/c18-17(19,20)13-12(9-11-7-4-8-21-14(11)22-13)16-24-23-15(25-16)10-5-2-1-3-6-10/h1-9H. The first-order valence-corrected chi connectivity index (χ1v) is 7.24. The molecule has 0 saturated heterocycles. The quantitative estimate of drug-likeness (QED) is 0.541. The zero-order valence-electron chi connectivity index (χ0n) is 12.5. The first kappa shape index (κ1) is 15.3. The van der Waals surface area contributed by atoms with Crippen LogP contribution in [0.1, 0.15) is 5.69 Å². The van der Waals surface area contributed by atoms with E-state index in [0.717, 1.165) is 0 Å². The van der Waals surface area contributed by atoms with Crippen molar-refractivity contribution in [1.82, 2.24) is 20.2 Å². The largest absolute Gasteiger partial charge is 0.434 e. The smallest absolute Gasteiger partial charge is 0.416 e. The number of hydrogen-bond acceptors (Lipinski definition) is 5. The molecular formula is C17H9F3N4O. The maximum Gasteiger partial charge on any atom is 0.434 e. The summed E-state index contributed by atoms with van der Waals surface area (Å²) in [7, 11) is 0. The van der Waals surface area contributed by atoms with Gasteiger partial charge in [-0.25, -0.2) is 9.97 Å². The van der Waals surface area contributed by atoms with Gasteiger partial charge >= 0.3 is 6.18 Å². The monoisotopic (exact) mass is 342 g/mol. The fourth-order valence-electron chi connectivity index (χ4n) is 2.41. The van der Waals surface area contributed by atoms with Gasteiger partial charge in [0, 0.05) is 17.1 Å². The number of rotatable bonds is 2. The Kier molecular flexibility index (Phi) is 3.45. The van der Waals surface area contributed by atoms with Crippen molar-refractivity contribution in [3.8, 4) is 22.9 Å². The van der Waals surface area contributed by atoms with Gasteiger partial charge in [-0.1, -0.05) is 18.2 Å². The lowest BCUT2D eigenvalue weighted by atomic mass is 10.1. The molecule has 0 N–H and O–H groups in total. The van der Waals surface area contributed by atoms with Gasteiger partial charge in [-0.15, -0.1) is 10.2 Å². The zero-order valence-corrected chi connectivity index (χ0v) is 12.5. The topological polar surface area (TPSA) is 64.7 Å². The van der Waals surface area contributed by atoms with Crippen LogP contribution in [0.3, 0.4) is 0 Å². The van der Waals surface area contributed by atoms with E-state index in [1.807, 2.05) is 6.07 Å². The molecule has 0 fully saturated rings. The molecule has 8 heteroatoms. The molecule has 1 aromatic carbocycles. The van der Waals surface area contributed by atoms with Crippen molar-refractivity contribution >= 4 is 11.0 Å². The molecule has 0 amide bonds. The van der Waals surface area contributed by atoms with Gasteiger partial charge in [0.15, 0.2) is 11.3 Å². The van der Waals surface area contributed by atoms with Gasteiger partial charge in [0.2, 0.25) is 11.8 Å². The summed E-state index contributed by atoms with van der Waals surface area (Å²) < 4.78 is 45.7. The van der Waals surface area contributed by atoms with Crippen LogP contribution in [0, 0.1) is 0 Å². The van der Waals surface area contributed by atoms with E-state index in [9.17, 15) is 13.2 Å². The van der Waals surface area contributed by atoms with E-state index in [0.29, 0.717) is 10.9 Å². The molecule has 0 radical (unpaired) electrons. The van der Waals surface area contributed by atoms with E-state index >= 15 is 0 Å². The van der Waals surface area contributed by atoms with E-state index in [-0.39, 0.29) is 23.0 Å². The van der Waals surface area contributed by atoms with Gasteiger partial charge in [-0.3, -0.25) is 0 Å². The number of benzene rings is 1. The second kappa shape index (κ2) is 5.66. The lowest BCUT2D eigenvalue weighted by Crippen LogP contribution is -2.11. The van der Waals surface area contributed by atoms with Gasteiger partial charge in [-0.2, -0.15) is 13.2 Å². The Balaban J connectivity index is 1.90. The first-order valence-electron chi connectivity index (χ1n) is 7.24. The maximum atomic E-state index is 13.4. The molecule has 3 heterocycles. The summed E-state index contributed by atoms with van der Waals surface area (Å²) in [6, 6.07) is 13.3. The molecule has 0 spiro atoms. The molecule has 0 bridgehead atoms. The van der Waals surface area contributed by atoms with Crippen LogP contribution in [-0.4, -0.2) is 20.2 Å². The van der Waals surface area contributed by atoms with Crippen LogP contribution in [0.4, 0.5) is 13.2 Å². The molecule has 0 unspecified atom stereocenters. The Morgan fingerprint density at radius 3 is 2.40 bits per heavy atom. The van der Waals surface area contributed by atoms with Crippen molar-refractivity contribution in [3.05, 3.63) is 60.4 Å². The second-order valence-corrected chi connectivity index (χ2v) is 5.21. The average Bonchev–Trinajstić information content (AvgIpc) is 3.10. The summed E-state index contributed by atoms with van der Waals surface area (Å²) >= 11 is 0. The third-order valence-electron chi connectivity index (χ3n) is 3.53. The van der Waals surface area contributed by atoms with Gasteiger partial charge in [0.25, 0.3) is 0 Å². The highest BCUT2D eigenvalue weighted by atomic mass is 19.4. The van der Waals surface area contributed by atoms with Crippen molar-refractivity contribution < 1.29 is 17.6 Å². The van der Waals surface area contributed by atoms with Crippen LogP contribution in [-0.2, 0) is 6.18 Å². The number of alkyl halides is 3. The number of pyridine rings is 2. The minimum absolute atomic E-state index is 0.00127. The van der Waals surface area contributed by atoms with Crippen LogP contribution in [0.15, 0.2) is 59.1 Å². The molecule has 0 aliphatic heterocycles. The number of halogens is 3. The minimum atomic E-state index is -4.68. The van der Waals surface area contributed by atoms with Gasteiger partial charge in [0.1, 0.15) is 0 Å². The summed E-state index contributed by atoms with van der Waals surface area (Å²) in [6.07, 6.45) is -3.29. The molecular weight excluding hydrogens is 333 g/mol.